The average Bonchev–Trinajstić information content (AvgIpc) is 3.69. The van der Waals surface area contributed by atoms with Gasteiger partial charge in [-0.3, -0.25) is 28.2 Å². The van der Waals surface area contributed by atoms with Crippen LogP contribution in [0.3, 0.4) is 0 Å². The Morgan fingerprint density at radius 3 is 2.19 bits per heavy atom. The molecule has 6 atom stereocenters. The number of alkyl carbamates (subject to hydrolysis) is 1. The predicted molar refractivity (Wildman–Crippen MR) is 284 cm³/mol. The lowest BCUT2D eigenvalue weighted by molar-refractivity contribution is -0.158. The van der Waals surface area contributed by atoms with Crippen molar-refractivity contribution in [3.63, 3.8) is 0 Å². The zero-order valence-electron chi connectivity index (χ0n) is 45.9. The van der Waals surface area contributed by atoms with E-state index in [2.05, 4.69) is 37.3 Å². The third kappa shape index (κ3) is 20.4. The van der Waals surface area contributed by atoms with Crippen LogP contribution < -0.4 is 31.1 Å². The summed E-state index contributed by atoms with van der Waals surface area (Å²) in [7, 11) is -4.53. The molecule has 5 amide bonds. The van der Waals surface area contributed by atoms with Crippen molar-refractivity contribution in [1.82, 2.24) is 36.2 Å². The number of carbonyl (C=O) groups excluding carboxylic acids is 6. The summed E-state index contributed by atoms with van der Waals surface area (Å²) in [6, 6.07) is 0.750. The van der Waals surface area contributed by atoms with Crippen LogP contribution in [0.25, 0.3) is 10.4 Å². The first-order valence-corrected chi connectivity index (χ1v) is 28.2. The molecule has 5 N–H and O–H groups in total. The number of esters is 1. The summed E-state index contributed by atoms with van der Waals surface area (Å²) in [4.78, 5) is 87.6. The minimum Gasteiger partial charge on any atom is -0.493 e. The Labute approximate surface area is 446 Å². The molecule has 2 heterocycles. The monoisotopic (exact) mass is 1090 g/mol. The van der Waals surface area contributed by atoms with Crippen molar-refractivity contribution in [2.75, 3.05) is 26.3 Å². The Bertz CT molecular complexity index is 2390. The van der Waals surface area contributed by atoms with Gasteiger partial charge < -0.3 is 40.4 Å². The molecular formula is C53H81FN7O12PS. The molecule has 1 aromatic carbocycles. The van der Waals surface area contributed by atoms with Crippen LogP contribution in [0.1, 0.15) is 152 Å². The van der Waals surface area contributed by atoms with E-state index < -0.39 is 96.0 Å². The van der Waals surface area contributed by atoms with Crippen LogP contribution in [0.5, 0.6) is 5.75 Å². The Balaban J connectivity index is 1.61. The topological polar surface area (TPSA) is 242 Å². The van der Waals surface area contributed by atoms with Crippen LogP contribution in [0.4, 0.5) is 9.18 Å². The second-order valence-electron chi connectivity index (χ2n) is 22.3. The number of alkyl halides is 1. The van der Waals surface area contributed by atoms with E-state index in [1.165, 1.54) is 30.1 Å². The van der Waals surface area contributed by atoms with Gasteiger partial charge in [0.1, 0.15) is 35.1 Å². The third-order valence-electron chi connectivity index (χ3n) is 12.0. The normalized spacial score (nSPS) is 18.3. The van der Waals surface area contributed by atoms with E-state index in [1.807, 2.05) is 25.1 Å². The summed E-state index contributed by atoms with van der Waals surface area (Å²) in [6.45, 7) is 20.4. The standard InChI is InChI=1S/C53H81FN7O12PS/c1-14-15-16-17-20-27-69-41-29-37(42-34(2)57-33-75-42)22-23-38(41)31-56-45(63)40-30-39(32-61(40)46(64)43(50(5,6)7)59-48(66)53(54)24-25-53)73-74(68,70-28-21-18-19-26-55-49(67)72-52(11,12)13)60-35(3)44(62)58-36(4)47(65)71-51(8,9)10/h1,22-23,29,33,35-36,39-40,43H,15-21,24-28,30-32H2,2-13H3,(H,55,67)(H,56,63)(H,58,62)(H,59,66)(H,60,68)/t35-,36-,39+,40-,43+,74?/m0/s1. The number of rotatable bonds is 27. The SMILES string of the molecule is C#CCCCCCOc1cc(-c2scnc2C)ccc1CNC(=O)[C@@H]1C[C@@H](OP(=O)(N[C@@H](C)C(=O)N[C@@H](C)C(=O)OC(C)(C)C)OCCCCCNC(=O)OC(C)(C)C)CN1C(=O)[C@@H](NC(=O)C1(F)CC1)C(C)(C)C. The highest BCUT2D eigenvalue weighted by molar-refractivity contribution is 7.51. The van der Waals surface area contributed by atoms with Gasteiger partial charge in [-0.2, -0.15) is 0 Å². The number of ether oxygens (including phenoxy) is 3. The van der Waals surface area contributed by atoms with E-state index in [4.69, 9.17) is 29.7 Å². The van der Waals surface area contributed by atoms with Crippen molar-refractivity contribution in [3.8, 4) is 28.5 Å². The lowest BCUT2D eigenvalue weighted by Crippen LogP contribution is -2.59. The van der Waals surface area contributed by atoms with Crippen molar-refractivity contribution >= 4 is 54.8 Å². The van der Waals surface area contributed by atoms with Crippen LogP contribution in [0.15, 0.2) is 23.7 Å². The highest BCUT2D eigenvalue weighted by Crippen LogP contribution is 2.48. The molecule has 0 bridgehead atoms. The van der Waals surface area contributed by atoms with Crippen LogP contribution in [0, 0.1) is 24.7 Å². The lowest BCUT2D eigenvalue weighted by Gasteiger charge is -2.35. The number of halogens is 1. The molecule has 1 aromatic heterocycles. The fraction of sp³-hybridized carbons (Fsp3) is 0.679. The van der Waals surface area contributed by atoms with E-state index >= 15 is 4.39 Å². The highest BCUT2D eigenvalue weighted by Gasteiger charge is 2.54. The molecule has 22 heteroatoms. The van der Waals surface area contributed by atoms with Crippen LogP contribution in [-0.2, 0) is 53.6 Å². The smallest absolute Gasteiger partial charge is 0.407 e. The second kappa shape index (κ2) is 27.3. The van der Waals surface area contributed by atoms with Crippen molar-refractivity contribution in [1.29, 1.82) is 0 Å². The summed E-state index contributed by atoms with van der Waals surface area (Å²) < 4.78 is 59.3. The van der Waals surface area contributed by atoms with E-state index in [0.717, 1.165) is 35.4 Å². The van der Waals surface area contributed by atoms with E-state index in [0.29, 0.717) is 50.1 Å². The molecule has 0 spiro atoms. The Hall–Kier alpha value is -5.13. The number of hydrogen-bond donors (Lipinski definition) is 5. The predicted octanol–water partition coefficient (Wildman–Crippen LogP) is 7.97. The number of aryl methyl sites for hydroxylation is 1. The zero-order chi connectivity index (χ0) is 55.9. The second-order valence-corrected chi connectivity index (χ2v) is 24.9. The minimum absolute atomic E-state index is 0.0123. The molecule has 2 fully saturated rings. The largest absolute Gasteiger partial charge is 0.493 e. The van der Waals surface area contributed by atoms with Gasteiger partial charge in [0.25, 0.3) is 5.91 Å². The fourth-order valence-electron chi connectivity index (χ4n) is 7.79. The van der Waals surface area contributed by atoms with E-state index in [9.17, 15) is 33.3 Å². The van der Waals surface area contributed by atoms with Crippen molar-refractivity contribution in [3.05, 3.63) is 35.0 Å². The molecule has 1 saturated carbocycles. The Morgan fingerprint density at radius 2 is 1.57 bits per heavy atom. The van der Waals surface area contributed by atoms with Gasteiger partial charge in [-0.1, -0.05) is 32.9 Å². The summed E-state index contributed by atoms with van der Waals surface area (Å²) in [5.74, 6) is -0.470. The number of nitrogens with one attached hydrogen (secondary N) is 5. The highest BCUT2D eigenvalue weighted by atomic mass is 32.1. The van der Waals surface area contributed by atoms with Crippen LogP contribution >= 0.6 is 19.1 Å². The fourth-order valence-corrected chi connectivity index (χ4v) is 10.3. The zero-order valence-corrected chi connectivity index (χ0v) is 47.6. The number of unbranched alkanes of at least 4 members (excludes halogenated alkanes) is 5. The van der Waals surface area contributed by atoms with Gasteiger partial charge >= 0.3 is 19.8 Å². The third-order valence-corrected chi connectivity index (χ3v) is 14.8. The van der Waals surface area contributed by atoms with E-state index in [1.54, 1.807) is 67.8 Å². The number of thiazole rings is 1. The maximum absolute atomic E-state index is 15.1. The molecule has 1 unspecified atom stereocenters. The quantitative estimate of drug-likeness (QED) is 0.0247. The number of aromatic nitrogens is 1. The number of nitrogens with zero attached hydrogens (tertiary/aromatic N) is 2. The van der Waals surface area contributed by atoms with Gasteiger partial charge in [-0.15, -0.1) is 23.7 Å². The number of carbonyl (C=O) groups is 6. The summed E-state index contributed by atoms with van der Waals surface area (Å²) in [5.41, 5.74) is -0.419. The van der Waals surface area contributed by atoms with Crippen LogP contribution in [-0.4, -0.2) is 119 Å². The van der Waals surface area contributed by atoms with Gasteiger partial charge in [0, 0.05) is 38.0 Å². The lowest BCUT2D eigenvalue weighted by atomic mass is 9.85. The molecule has 418 valence electrons. The Kier molecular flexibility index (Phi) is 22.7. The first-order valence-electron chi connectivity index (χ1n) is 25.8. The summed E-state index contributed by atoms with van der Waals surface area (Å²) in [5, 5.41) is 13.5. The molecule has 2 aliphatic rings. The number of benzene rings is 1. The average molecular weight is 1090 g/mol. The van der Waals surface area contributed by atoms with Gasteiger partial charge in [0.2, 0.25) is 17.7 Å². The number of amides is 5. The van der Waals surface area contributed by atoms with Crippen molar-refractivity contribution < 1.29 is 61.0 Å². The van der Waals surface area contributed by atoms with Gasteiger partial charge in [-0.05, 0) is 131 Å². The van der Waals surface area contributed by atoms with Gasteiger partial charge in [-0.25, -0.2) is 28.6 Å². The number of hydrogen-bond acceptors (Lipinski definition) is 14. The van der Waals surface area contributed by atoms with Crippen molar-refractivity contribution in [2.24, 2.45) is 5.41 Å². The van der Waals surface area contributed by atoms with E-state index in [-0.39, 0.29) is 39.0 Å². The molecule has 2 aromatic rings. The number of likely N-dealkylation sites (tertiary alicyclic amines) is 1. The molecule has 1 aliphatic heterocycles. The number of terminal acetylenes is 1. The molecular weight excluding hydrogens is 1010 g/mol. The Morgan fingerprint density at radius 1 is 0.907 bits per heavy atom. The van der Waals surface area contributed by atoms with Crippen molar-refractivity contribution in [2.45, 2.75) is 201 Å². The molecule has 0 radical (unpaired) electrons. The van der Waals surface area contributed by atoms with Crippen LogP contribution in [0.2, 0.25) is 0 Å². The first-order chi connectivity index (χ1) is 34.9. The summed E-state index contributed by atoms with van der Waals surface area (Å²) >= 11 is 1.49. The summed E-state index contributed by atoms with van der Waals surface area (Å²) in [6.07, 6.45) is 8.04. The maximum atomic E-state index is 15.1. The molecule has 4 rings (SSSR count). The minimum atomic E-state index is -4.53. The van der Waals surface area contributed by atoms with Gasteiger partial charge in [0.15, 0.2) is 5.67 Å². The molecule has 19 nitrogen and oxygen atoms in total. The molecule has 75 heavy (non-hydrogen) atoms. The van der Waals surface area contributed by atoms with Gasteiger partial charge in [0.05, 0.1) is 41.4 Å². The maximum Gasteiger partial charge on any atom is 0.407 e. The molecule has 1 aliphatic carbocycles. The molecule has 1 saturated heterocycles. The first kappa shape index (κ1) is 62.4.